The number of nitrogens with one attached hydrogen (secondary N) is 1. The molecule has 0 bridgehead atoms. The molecule has 1 N–H and O–H groups in total. The molecule has 0 aliphatic carbocycles. The highest BCUT2D eigenvalue weighted by Crippen LogP contribution is 2.15. The van der Waals surface area contributed by atoms with E-state index in [4.69, 9.17) is 10.3 Å². The third-order valence-corrected chi connectivity index (χ3v) is 2.15. The maximum Gasteiger partial charge on any atom is 0.253 e. The van der Waals surface area contributed by atoms with Crippen molar-refractivity contribution in [3.8, 4) is 0 Å². The van der Waals surface area contributed by atoms with Crippen LogP contribution in [0.1, 0.15) is 11.7 Å². The van der Waals surface area contributed by atoms with E-state index in [0.29, 0.717) is 6.54 Å². The average molecular weight is 234 g/mol. The zero-order valence-electron chi connectivity index (χ0n) is 9.54. The van der Waals surface area contributed by atoms with Crippen LogP contribution in [0, 0.1) is 0 Å². The van der Waals surface area contributed by atoms with Crippen molar-refractivity contribution in [1.82, 2.24) is 5.32 Å². The van der Waals surface area contributed by atoms with Crippen molar-refractivity contribution >= 4 is 5.91 Å². The molecule has 6 nitrogen and oxygen atoms in total. The molecule has 0 aliphatic rings. The van der Waals surface area contributed by atoms with Crippen LogP contribution < -0.4 is 5.32 Å². The van der Waals surface area contributed by atoms with Gasteiger partial charge in [-0.15, -0.1) is 0 Å². The van der Waals surface area contributed by atoms with E-state index in [1.54, 1.807) is 0 Å². The van der Waals surface area contributed by atoms with Crippen LogP contribution in [0.25, 0.3) is 10.4 Å². The molecule has 90 valence electrons. The van der Waals surface area contributed by atoms with Gasteiger partial charge in [0.25, 0.3) is 5.91 Å². The smallest absolute Gasteiger partial charge is 0.253 e. The molecule has 1 atom stereocenters. The lowest BCUT2D eigenvalue weighted by molar-refractivity contribution is -0.131. The molecule has 0 saturated heterocycles. The SMILES string of the molecule is COC(C(=O)NCCN=[N+]=[N-])c1ccccc1. The molecule has 0 aliphatic heterocycles. The van der Waals surface area contributed by atoms with Gasteiger partial charge < -0.3 is 10.1 Å². The summed E-state index contributed by atoms with van der Waals surface area (Å²) in [5, 5.41) is 5.96. The topological polar surface area (TPSA) is 87.1 Å². The van der Waals surface area contributed by atoms with Crippen molar-refractivity contribution in [3.63, 3.8) is 0 Å². The van der Waals surface area contributed by atoms with Crippen LogP contribution in [-0.4, -0.2) is 26.1 Å². The van der Waals surface area contributed by atoms with E-state index in [1.807, 2.05) is 30.3 Å². The van der Waals surface area contributed by atoms with Gasteiger partial charge in [0.05, 0.1) is 0 Å². The Morgan fingerprint density at radius 1 is 1.53 bits per heavy atom. The second kappa shape index (κ2) is 7.27. The highest BCUT2D eigenvalue weighted by molar-refractivity contribution is 5.82. The minimum absolute atomic E-state index is 0.230. The molecule has 6 heteroatoms. The molecular formula is C11H14N4O2. The number of carbonyl (C=O) groups excluding carboxylic acids is 1. The first-order chi connectivity index (χ1) is 8.29. The normalized spacial score (nSPS) is 11.4. The highest BCUT2D eigenvalue weighted by atomic mass is 16.5. The summed E-state index contributed by atoms with van der Waals surface area (Å²) in [4.78, 5) is 14.4. The lowest BCUT2D eigenvalue weighted by atomic mass is 10.1. The minimum Gasteiger partial charge on any atom is -0.367 e. The summed E-state index contributed by atoms with van der Waals surface area (Å²) in [5.74, 6) is -0.244. The lowest BCUT2D eigenvalue weighted by Gasteiger charge is -2.15. The number of ether oxygens (including phenoxy) is 1. The molecule has 1 aromatic rings. The van der Waals surface area contributed by atoms with Crippen molar-refractivity contribution < 1.29 is 9.53 Å². The number of carbonyl (C=O) groups is 1. The maximum atomic E-state index is 11.8. The molecule has 1 rings (SSSR count). The molecule has 0 aromatic heterocycles. The molecule has 0 fully saturated rings. The van der Waals surface area contributed by atoms with Gasteiger partial charge in [0, 0.05) is 25.1 Å². The second-order valence-electron chi connectivity index (χ2n) is 3.27. The van der Waals surface area contributed by atoms with Crippen molar-refractivity contribution in [1.29, 1.82) is 0 Å². The summed E-state index contributed by atoms with van der Waals surface area (Å²) >= 11 is 0. The average Bonchev–Trinajstić information content (AvgIpc) is 2.37. The molecule has 1 aromatic carbocycles. The van der Waals surface area contributed by atoms with Crippen LogP contribution in [0.2, 0.25) is 0 Å². The summed E-state index contributed by atoms with van der Waals surface area (Å²) in [6, 6.07) is 9.20. The van der Waals surface area contributed by atoms with Crippen LogP contribution in [0.15, 0.2) is 35.4 Å². The zero-order chi connectivity index (χ0) is 12.5. The van der Waals surface area contributed by atoms with Gasteiger partial charge in [-0.3, -0.25) is 4.79 Å². The quantitative estimate of drug-likeness (QED) is 0.352. The van der Waals surface area contributed by atoms with E-state index >= 15 is 0 Å². The fourth-order valence-electron chi connectivity index (χ4n) is 1.39. The van der Waals surface area contributed by atoms with Gasteiger partial charge >= 0.3 is 0 Å². The predicted octanol–water partition coefficient (Wildman–Crippen LogP) is 1.80. The number of benzene rings is 1. The fourth-order valence-corrected chi connectivity index (χ4v) is 1.39. The number of methoxy groups -OCH3 is 1. The van der Waals surface area contributed by atoms with Crippen LogP contribution in [-0.2, 0) is 9.53 Å². The first kappa shape index (κ1) is 13.0. The molecular weight excluding hydrogens is 220 g/mol. The molecule has 1 amide bonds. The van der Waals surface area contributed by atoms with Gasteiger partial charge in [-0.25, -0.2) is 0 Å². The second-order valence-corrected chi connectivity index (χ2v) is 3.27. The predicted molar refractivity (Wildman–Crippen MR) is 63.2 cm³/mol. The number of hydrogen-bond donors (Lipinski definition) is 1. The van der Waals surface area contributed by atoms with Crippen LogP contribution in [0.4, 0.5) is 0 Å². The Balaban J connectivity index is 2.56. The number of nitrogens with zero attached hydrogens (tertiary/aromatic N) is 3. The van der Waals surface area contributed by atoms with Gasteiger partial charge in [0.15, 0.2) is 6.10 Å². The van der Waals surface area contributed by atoms with E-state index in [1.165, 1.54) is 7.11 Å². The van der Waals surface area contributed by atoms with Crippen molar-refractivity contribution in [2.45, 2.75) is 6.10 Å². The molecule has 0 radical (unpaired) electrons. The van der Waals surface area contributed by atoms with Crippen molar-refractivity contribution in [3.05, 3.63) is 46.3 Å². The Hall–Kier alpha value is -2.04. The zero-order valence-corrected chi connectivity index (χ0v) is 9.54. The number of amides is 1. The molecule has 1 unspecified atom stereocenters. The standard InChI is InChI=1S/C11H14N4O2/c1-17-10(9-5-3-2-4-6-9)11(16)13-7-8-14-15-12/h2-6,10H,7-8H2,1H3,(H,13,16). The summed E-state index contributed by atoms with van der Waals surface area (Å²) < 4.78 is 5.14. The Labute approximate surface area is 99.2 Å². The minimum atomic E-state index is -0.637. The van der Waals surface area contributed by atoms with Gasteiger partial charge in [-0.1, -0.05) is 35.4 Å². The monoisotopic (exact) mass is 234 g/mol. The largest absolute Gasteiger partial charge is 0.367 e. The first-order valence-electron chi connectivity index (χ1n) is 5.16. The van der Waals surface area contributed by atoms with E-state index in [9.17, 15) is 4.79 Å². The summed E-state index contributed by atoms with van der Waals surface area (Å²) in [5.41, 5.74) is 8.87. The number of hydrogen-bond acceptors (Lipinski definition) is 3. The van der Waals surface area contributed by atoms with Crippen LogP contribution in [0.3, 0.4) is 0 Å². The van der Waals surface area contributed by atoms with E-state index in [-0.39, 0.29) is 12.5 Å². The fraction of sp³-hybridized carbons (Fsp3) is 0.364. The van der Waals surface area contributed by atoms with Crippen molar-refractivity contribution in [2.75, 3.05) is 20.2 Å². The van der Waals surface area contributed by atoms with E-state index in [2.05, 4.69) is 15.3 Å². The summed E-state index contributed by atoms with van der Waals surface area (Å²) in [6.45, 7) is 0.531. The summed E-state index contributed by atoms with van der Waals surface area (Å²) in [7, 11) is 1.48. The third kappa shape index (κ3) is 4.14. The Kier molecular flexibility index (Phi) is 5.57. The van der Waals surface area contributed by atoms with Gasteiger partial charge in [-0.2, -0.15) is 0 Å². The number of azide groups is 1. The molecule has 0 saturated carbocycles. The first-order valence-corrected chi connectivity index (χ1v) is 5.16. The van der Waals surface area contributed by atoms with Gasteiger partial charge in [-0.05, 0) is 11.1 Å². The van der Waals surface area contributed by atoms with E-state index in [0.717, 1.165) is 5.56 Å². The molecule has 17 heavy (non-hydrogen) atoms. The molecule has 0 heterocycles. The van der Waals surface area contributed by atoms with Gasteiger partial charge in [0.1, 0.15) is 0 Å². The van der Waals surface area contributed by atoms with Crippen LogP contribution in [0.5, 0.6) is 0 Å². The van der Waals surface area contributed by atoms with Gasteiger partial charge in [0.2, 0.25) is 0 Å². The molecule has 0 spiro atoms. The van der Waals surface area contributed by atoms with E-state index < -0.39 is 6.10 Å². The third-order valence-electron chi connectivity index (χ3n) is 2.15. The highest BCUT2D eigenvalue weighted by Gasteiger charge is 2.18. The Bertz CT molecular complexity index is 401. The van der Waals surface area contributed by atoms with Crippen molar-refractivity contribution in [2.24, 2.45) is 5.11 Å². The van der Waals surface area contributed by atoms with Crippen LogP contribution >= 0.6 is 0 Å². The summed E-state index contributed by atoms with van der Waals surface area (Å²) in [6.07, 6.45) is -0.637. The Morgan fingerprint density at radius 3 is 2.82 bits per heavy atom. The lowest BCUT2D eigenvalue weighted by Crippen LogP contribution is -2.32. The maximum absolute atomic E-state index is 11.8. The Morgan fingerprint density at radius 2 is 2.24 bits per heavy atom. The number of rotatable bonds is 6.